The van der Waals surface area contributed by atoms with E-state index in [1.165, 1.54) is 12.1 Å². The molecule has 0 radical (unpaired) electrons. The first-order chi connectivity index (χ1) is 7.18. The number of aryl methyl sites for hydroxylation is 3. The first-order valence-electron chi connectivity index (χ1n) is 5.24. The maximum absolute atomic E-state index is 5.50. The van der Waals surface area contributed by atoms with E-state index in [2.05, 4.69) is 22.1 Å². The van der Waals surface area contributed by atoms with Crippen LogP contribution in [-0.2, 0) is 20.0 Å². The molecule has 0 saturated carbocycles. The fourth-order valence-corrected chi connectivity index (χ4v) is 2.62. The van der Waals surface area contributed by atoms with Crippen molar-refractivity contribution in [3.63, 3.8) is 0 Å². The van der Waals surface area contributed by atoms with E-state index in [4.69, 9.17) is 17.2 Å². The minimum atomic E-state index is 0.955. The molecule has 0 atom stereocenters. The largest absolute Gasteiger partial charge is 0.333 e. The summed E-state index contributed by atoms with van der Waals surface area (Å²) in [5.41, 5.74) is 2.25. The molecule has 0 aliphatic carbocycles. The standard InChI is InChI=1S/C11H13N3S/c1-7-6-8-10(13(7)2)12-9-4-3-5-14(9)11(8)15/h6H,3-5H2,1-2H3. The van der Waals surface area contributed by atoms with Crippen LogP contribution >= 0.6 is 12.2 Å². The van der Waals surface area contributed by atoms with Crippen LogP contribution in [0.4, 0.5) is 0 Å². The Hall–Kier alpha value is -1.16. The predicted molar refractivity (Wildman–Crippen MR) is 62.6 cm³/mol. The second-order valence-electron chi connectivity index (χ2n) is 4.17. The number of hydrogen-bond donors (Lipinski definition) is 0. The average Bonchev–Trinajstić information content (AvgIpc) is 2.77. The van der Waals surface area contributed by atoms with Crippen molar-refractivity contribution in [3.8, 4) is 0 Å². The molecular weight excluding hydrogens is 206 g/mol. The smallest absolute Gasteiger partial charge is 0.144 e. The molecule has 1 aliphatic heterocycles. The maximum atomic E-state index is 5.50. The lowest BCUT2D eigenvalue weighted by Crippen LogP contribution is -2.03. The molecule has 0 spiro atoms. The third-order valence-corrected chi connectivity index (χ3v) is 3.69. The van der Waals surface area contributed by atoms with Crippen molar-refractivity contribution >= 4 is 23.3 Å². The Morgan fingerprint density at radius 3 is 3.07 bits per heavy atom. The zero-order valence-electron chi connectivity index (χ0n) is 8.95. The first-order valence-corrected chi connectivity index (χ1v) is 5.65. The van der Waals surface area contributed by atoms with Crippen LogP contribution in [0.2, 0.25) is 0 Å². The minimum Gasteiger partial charge on any atom is -0.333 e. The normalized spacial score (nSPS) is 14.8. The Balaban J connectivity index is 2.51. The molecule has 2 aromatic rings. The van der Waals surface area contributed by atoms with Crippen LogP contribution in [-0.4, -0.2) is 14.1 Å². The molecule has 3 nitrogen and oxygen atoms in total. The van der Waals surface area contributed by atoms with Gasteiger partial charge in [0.1, 0.15) is 16.1 Å². The Bertz CT molecular complexity index is 606. The minimum absolute atomic E-state index is 0.955. The van der Waals surface area contributed by atoms with E-state index >= 15 is 0 Å². The Morgan fingerprint density at radius 2 is 2.27 bits per heavy atom. The number of hydrogen-bond acceptors (Lipinski definition) is 2. The second-order valence-corrected chi connectivity index (χ2v) is 4.56. The van der Waals surface area contributed by atoms with Gasteiger partial charge in [-0.05, 0) is 19.4 Å². The highest BCUT2D eigenvalue weighted by molar-refractivity contribution is 7.71. The van der Waals surface area contributed by atoms with Crippen LogP contribution in [0.1, 0.15) is 17.9 Å². The molecule has 0 amide bonds. The lowest BCUT2D eigenvalue weighted by Gasteiger charge is -2.05. The van der Waals surface area contributed by atoms with Crippen molar-refractivity contribution in [1.29, 1.82) is 0 Å². The van der Waals surface area contributed by atoms with Crippen LogP contribution in [0.25, 0.3) is 11.0 Å². The van der Waals surface area contributed by atoms with Gasteiger partial charge in [0.2, 0.25) is 0 Å². The van der Waals surface area contributed by atoms with Crippen LogP contribution in [0.3, 0.4) is 0 Å². The molecule has 0 bridgehead atoms. The van der Waals surface area contributed by atoms with E-state index in [-0.39, 0.29) is 0 Å². The zero-order chi connectivity index (χ0) is 10.6. The molecule has 3 heterocycles. The molecular formula is C11H13N3S. The van der Waals surface area contributed by atoms with Gasteiger partial charge in [-0.2, -0.15) is 0 Å². The summed E-state index contributed by atoms with van der Waals surface area (Å²) in [5.74, 6) is 1.15. The van der Waals surface area contributed by atoms with Gasteiger partial charge in [0, 0.05) is 25.7 Å². The monoisotopic (exact) mass is 219 g/mol. The zero-order valence-corrected chi connectivity index (χ0v) is 9.77. The first kappa shape index (κ1) is 9.09. The number of fused-ring (bicyclic) bond motifs is 2. The van der Waals surface area contributed by atoms with Crippen molar-refractivity contribution in [3.05, 3.63) is 22.2 Å². The topological polar surface area (TPSA) is 22.8 Å². The van der Waals surface area contributed by atoms with Crippen LogP contribution < -0.4 is 0 Å². The number of rotatable bonds is 0. The third-order valence-electron chi connectivity index (χ3n) is 3.25. The summed E-state index contributed by atoms with van der Waals surface area (Å²) >= 11 is 5.50. The van der Waals surface area contributed by atoms with Crippen molar-refractivity contribution in [2.75, 3.05) is 0 Å². The van der Waals surface area contributed by atoms with Gasteiger partial charge in [-0.1, -0.05) is 12.2 Å². The van der Waals surface area contributed by atoms with Crippen molar-refractivity contribution in [1.82, 2.24) is 14.1 Å². The fraction of sp³-hybridized carbons (Fsp3) is 0.455. The van der Waals surface area contributed by atoms with E-state index in [0.29, 0.717) is 0 Å². The van der Waals surface area contributed by atoms with E-state index in [0.717, 1.165) is 34.5 Å². The summed E-state index contributed by atoms with van der Waals surface area (Å²) in [6.45, 7) is 3.12. The van der Waals surface area contributed by atoms with Crippen molar-refractivity contribution in [2.24, 2.45) is 7.05 Å². The Kier molecular flexibility index (Phi) is 1.77. The van der Waals surface area contributed by atoms with Crippen molar-refractivity contribution in [2.45, 2.75) is 26.3 Å². The molecule has 0 saturated heterocycles. The highest BCUT2D eigenvalue weighted by Gasteiger charge is 2.16. The highest BCUT2D eigenvalue weighted by atomic mass is 32.1. The summed E-state index contributed by atoms with van der Waals surface area (Å²) in [7, 11) is 2.05. The SMILES string of the molecule is Cc1cc2c(=S)n3c(nc2n1C)CCC3. The Labute approximate surface area is 93.4 Å². The molecule has 2 aromatic heterocycles. The van der Waals surface area contributed by atoms with E-state index < -0.39 is 0 Å². The lowest BCUT2D eigenvalue weighted by molar-refractivity contribution is 0.732. The van der Waals surface area contributed by atoms with Gasteiger partial charge in [0.25, 0.3) is 0 Å². The summed E-state index contributed by atoms with van der Waals surface area (Å²) in [4.78, 5) is 4.70. The predicted octanol–water partition coefficient (Wildman–Crippen LogP) is 2.36. The number of nitrogens with zero attached hydrogens (tertiary/aromatic N) is 3. The number of aromatic nitrogens is 3. The molecule has 0 N–H and O–H groups in total. The highest BCUT2D eigenvalue weighted by Crippen LogP contribution is 2.22. The molecule has 78 valence electrons. The molecule has 15 heavy (non-hydrogen) atoms. The lowest BCUT2D eigenvalue weighted by atomic mass is 10.3. The molecule has 1 aliphatic rings. The molecule has 3 rings (SSSR count). The summed E-state index contributed by atoms with van der Waals surface area (Å²) < 4.78 is 5.25. The molecule has 0 unspecified atom stereocenters. The fourth-order valence-electron chi connectivity index (χ4n) is 2.27. The molecule has 4 heteroatoms. The summed E-state index contributed by atoms with van der Waals surface area (Å²) in [6, 6.07) is 2.14. The van der Waals surface area contributed by atoms with E-state index in [9.17, 15) is 0 Å². The maximum Gasteiger partial charge on any atom is 0.144 e. The quantitative estimate of drug-likeness (QED) is 0.635. The Morgan fingerprint density at radius 1 is 1.47 bits per heavy atom. The summed E-state index contributed by atoms with van der Waals surface area (Å²) in [6.07, 6.45) is 2.23. The third kappa shape index (κ3) is 1.11. The van der Waals surface area contributed by atoms with Gasteiger partial charge >= 0.3 is 0 Å². The van der Waals surface area contributed by atoms with Gasteiger partial charge < -0.3 is 9.13 Å². The van der Waals surface area contributed by atoms with Gasteiger partial charge in [-0.25, -0.2) is 4.98 Å². The molecule has 0 fully saturated rings. The van der Waals surface area contributed by atoms with E-state index in [1.54, 1.807) is 0 Å². The van der Waals surface area contributed by atoms with E-state index in [1.807, 2.05) is 7.05 Å². The van der Waals surface area contributed by atoms with Gasteiger partial charge in [-0.3, -0.25) is 0 Å². The second kappa shape index (κ2) is 2.92. The average molecular weight is 219 g/mol. The van der Waals surface area contributed by atoms with Gasteiger partial charge in [0.15, 0.2) is 0 Å². The van der Waals surface area contributed by atoms with Gasteiger partial charge in [0.05, 0.1) is 5.39 Å². The molecule has 0 aromatic carbocycles. The van der Waals surface area contributed by atoms with Crippen LogP contribution in [0.15, 0.2) is 6.07 Å². The summed E-state index contributed by atoms with van der Waals surface area (Å²) in [5, 5.41) is 1.12. The van der Waals surface area contributed by atoms with Crippen molar-refractivity contribution < 1.29 is 0 Å². The van der Waals surface area contributed by atoms with Crippen LogP contribution in [0, 0.1) is 11.6 Å². The van der Waals surface area contributed by atoms with Crippen LogP contribution in [0.5, 0.6) is 0 Å². The van der Waals surface area contributed by atoms with Gasteiger partial charge in [-0.15, -0.1) is 0 Å².